The van der Waals surface area contributed by atoms with Crippen LogP contribution < -0.4 is 20.7 Å². The Morgan fingerprint density at radius 1 is 1.32 bits per heavy atom. The number of amides is 2. The molecule has 0 fully saturated rings. The van der Waals surface area contributed by atoms with Crippen molar-refractivity contribution in [1.29, 1.82) is 0 Å². The lowest BCUT2D eigenvalue weighted by atomic mass is 10.1. The average molecular weight is 339 g/mol. The molecule has 0 spiro atoms. The smallest absolute Gasteiger partial charge is 0.265 e. The van der Waals surface area contributed by atoms with E-state index >= 15 is 0 Å². The molecule has 3 N–H and O–H groups in total. The second-order valence-corrected chi connectivity index (χ2v) is 6.20. The summed E-state index contributed by atoms with van der Waals surface area (Å²) in [7, 11) is 0. The van der Waals surface area contributed by atoms with Gasteiger partial charge in [-0.2, -0.15) is 0 Å². The van der Waals surface area contributed by atoms with Crippen molar-refractivity contribution >= 4 is 23.2 Å². The maximum absolute atomic E-state index is 12.4. The Morgan fingerprint density at radius 3 is 2.84 bits per heavy atom. The molecule has 0 aromatic heterocycles. The zero-order chi connectivity index (χ0) is 18.0. The monoisotopic (exact) mass is 339 g/mol. The minimum Gasteiger partial charge on any atom is -0.482 e. The molecule has 1 unspecified atom stereocenters. The zero-order valence-electron chi connectivity index (χ0n) is 14.3. The van der Waals surface area contributed by atoms with Crippen LogP contribution in [-0.4, -0.2) is 25.0 Å². The Hall–Kier alpha value is -2.86. The molecule has 0 saturated carbocycles. The van der Waals surface area contributed by atoms with Crippen LogP contribution in [0.25, 0.3) is 0 Å². The number of nitrogens with two attached hydrogens (primary N) is 1. The van der Waals surface area contributed by atoms with E-state index in [1.165, 1.54) is 4.90 Å². The fourth-order valence-electron chi connectivity index (χ4n) is 2.74. The average Bonchev–Trinajstić information content (AvgIpc) is 2.57. The number of benzene rings is 2. The molecular weight excluding hydrogens is 318 g/mol. The van der Waals surface area contributed by atoms with Crippen molar-refractivity contribution in [3.05, 3.63) is 53.6 Å². The predicted molar refractivity (Wildman–Crippen MR) is 96.7 cm³/mol. The van der Waals surface area contributed by atoms with Crippen molar-refractivity contribution < 1.29 is 14.3 Å². The van der Waals surface area contributed by atoms with E-state index in [4.69, 9.17) is 10.5 Å². The summed E-state index contributed by atoms with van der Waals surface area (Å²) < 4.78 is 5.45. The summed E-state index contributed by atoms with van der Waals surface area (Å²) in [4.78, 5) is 26.1. The molecule has 0 radical (unpaired) electrons. The Labute approximate surface area is 146 Å². The van der Waals surface area contributed by atoms with Crippen LogP contribution in [0.3, 0.4) is 0 Å². The molecule has 130 valence electrons. The fourth-order valence-corrected chi connectivity index (χ4v) is 2.74. The lowest BCUT2D eigenvalue weighted by Crippen LogP contribution is -2.43. The summed E-state index contributed by atoms with van der Waals surface area (Å²) in [6.45, 7) is 3.66. The van der Waals surface area contributed by atoms with Gasteiger partial charge in [0.2, 0.25) is 5.91 Å². The number of hydrogen-bond acceptors (Lipinski definition) is 4. The minimum absolute atomic E-state index is 0.0778. The van der Waals surface area contributed by atoms with Crippen LogP contribution in [0.2, 0.25) is 0 Å². The summed E-state index contributed by atoms with van der Waals surface area (Å²) in [5.74, 6) is 0.0547. The fraction of sp³-hybridized carbons (Fsp3) is 0.263. The molecule has 6 heteroatoms. The highest BCUT2D eigenvalue weighted by atomic mass is 16.5. The summed E-state index contributed by atoms with van der Waals surface area (Å²) in [5.41, 5.74) is 9.12. The zero-order valence-corrected chi connectivity index (χ0v) is 14.3. The Balaban J connectivity index is 1.81. The van der Waals surface area contributed by atoms with Gasteiger partial charge in [0.05, 0.1) is 5.69 Å². The topological polar surface area (TPSA) is 84.7 Å². The number of nitrogens with one attached hydrogen (secondary N) is 1. The number of rotatable bonds is 4. The highest BCUT2D eigenvalue weighted by Crippen LogP contribution is 2.34. The van der Waals surface area contributed by atoms with E-state index in [2.05, 4.69) is 5.32 Å². The van der Waals surface area contributed by atoms with Crippen molar-refractivity contribution in [1.82, 2.24) is 0 Å². The highest BCUT2D eigenvalue weighted by Gasteiger charge is 2.28. The van der Waals surface area contributed by atoms with Gasteiger partial charge in [-0.15, -0.1) is 0 Å². The molecule has 0 saturated heterocycles. The lowest BCUT2D eigenvalue weighted by molar-refractivity contribution is -0.123. The third-order valence-corrected chi connectivity index (χ3v) is 4.06. The molecule has 2 aromatic carbocycles. The van der Waals surface area contributed by atoms with Crippen molar-refractivity contribution in [2.75, 3.05) is 23.4 Å². The summed E-state index contributed by atoms with van der Waals surface area (Å²) in [6, 6.07) is 12.8. The first kappa shape index (κ1) is 17.0. The molecule has 1 heterocycles. The van der Waals surface area contributed by atoms with Gasteiger partial charge in [0.25, 0.3) is 5.91 Å². The number of carbonyl (C=O) groups is 2. The van der Waals surface area contributed by atoms with E-state index in [1.807, 2.05) is 44.2 Å². The van der Waals surface area contributed by atoms with E-state index in [0.29, 0.717) is 17.1 Å². The summed E-state index contributed by atoms with van der Waals surface area (Å²) >= 11 is 0. The second kappa shape index (κ2) is 6.94. The standard InChI is InChI=1S/C19H21N3O3/c1-12-4-3-5-15(8-12)21-18(23)10-22-16-9-14(13(2)20)6-7-17(16)25-11-19(22)24/h3-9,13H,10-11,20H2,1-2H3,(H,21,23). The van der Waals surface area contributed by atoms with E-state index in [9.17, 15) is 9.59 Å². The molecule has 1 atom stereocenters. The van der Waals surface area contributed by atoms with Crippen LogP contribution in [0.5, 0.6) is 5.75 Å². The van der Waals surface area contributed by atoms with E-state index in [1.54, 1.807) is 12.1 Å². The molecule has 3 rings (SSSR count). The lowest BCUT2D eigenvalue weighted by Gasteiger charge is -2.29. The van der Waals surface area contributed by atoms with E-state index in [-0.39, 0.29) is 31.0 Å². The highest BCUT2D eigenvalue weighted by molar-refractivity contribution is 6.05. The minimum atomic E-state index is -0.266. The molecule has 0 aliphatic carbocycles. The number of carbonyl (C=O) groups excluding carboxylic acids is 2. The van der Waals surface area contributed by atoms with Crippen molar-refractivity contribution in [2.24, 2.45) is 5.73 Å². The van der Waals surface area contributed by atoms with Crippen molar-refractivity contribution in [3.8, 4) is 5.75 Å². The van der Waals surface area contributed by atoms with E-state index < -0.39 is 0 Å². The number of nitrogens with zero attached hydrogens (tertiary/aromatic N) is 1. The van der Waals surface area contributed by atoms with Gasteiger partial charge in [-0.1, -0.05) is 18.2 Å². The van der Waals surface area contributed by atoms with Gasteiger partial charge in [-0.05, 0) is 49.2 Å². The first-order chi connectivity index (χ1) is 11.9. The first-order valence-corrected chi connectivity index (χ1v) is 8.13. The summed E-state index contributed by atoms with van der Waals surface area (Å²) in [6.07, 6.45) is 0. The van der Waals surface area contributed by atoms with Gasteiger partial charge in [-0.3, -0.25) is 14.5 Å². The van der Waals surface area contributed by atoms with Crippen molar-refractivity contribution in [2.45, 2.75) is 19.9 Å². The van der Waals surface area contributed by atoms with Crippen LogP contribution in [0.4, 0.5) is 11.4 Å². The largest absolute Gasteiger partial charge is 0.482 e. The molecular formula is C19H21N3O3. The third kappa shape index (κ3) is 3.80. The van der Waals surface area contributed by atoms with Crippen LogP contribution >= 0.6 is 0 Å². The summed E-state index contributed by atoms with van der Waals surface area (Å²) in [5, 5.41) is 2.82. The maximum atomic E-state index is 12.4. The number of aryl methyl sites for hydroxylation is 1. The Morgan fingerprint density at radius 2 is 2.12 bits per heavy atom. The van der Waals surface area contributed by atoms with Gasteiger partial charge in [-0.25, -0.2) is 0 Å². The van der Waals surface area contributed by atoms with Crippen molar-refractivity contribution in [3.63, 3.8) is 0 Å². The normalized spacial score (nSPS) is 14.5. The molecule has 0 bridgehead atoms. The Kier molecular flexibility index (Phi) is 4.72. The van der Waals surface area contributed by atoms with Crippen LogP contribution in [-0.2, 0) is 9.59 Å². The second-order valence-electron chi connectivity index (χ2n) is 6.20. The quantitative estimate of drug-likeness (QED) is 0.896. The van der Waals surface area contributed by atoms with Gasteiger partial charge in [0.15, 0.2) is 6.61 Å². The Bertz CT molecular complexity index is 817. The molecule has 25 heavy (non-hydrogen) atoms. The SMILES string of the molecule is Cc1cccc(NC(=O)CN2C(=O)COc3ccc(C(C)N)cc32)c1. The number of ether oxygens (including phenoxy) is 1. The molecule has 2 aromatic rings. The first-order valence-electron chi connectivity index (χ1n) is 8.13. The molecule has 6 nitrogen and oxygen atoms in total. The molecule has 1 aliphatic rings. The van der Waals surface area contributed by atoms with Gasteiger partial charge in [0.1, 0.15) is 12.3 Å². The molecule has 2 amide bonds. The maximum Gasteiger partial charge on any atom is 0.265 e. The number of fused-ring (bicyclic) bond motifs is 1. The predicted octanol–water partition coefficient (Wildman–Crippen LogP) is 2.38. The van der Waals surface area contributed by atoms with Gasteiger partial charge >= 0.3 is 0 Å². The third-order valence-electron chi connectivity index (χ3n) is 4.06. The number of hydrogen-bond donors (Lipinski definition) is 2. The molecule has 1 aliphatic heterocycles. The van der Waals surface area contributed by atoms with Gasteiger partial charge in [0, 0.05) is 11.7 Å². The van der Waals surface area contributed by atoms with Crippen LogP contribution in [0.15, 0.2) is 42.5 Å². The van der Waals surface area contributed by atoms with E-state index in [0.717, 1.165) is 11.1 Å². The van der Waals surface area contributed by atoms with Crippen LogP contribution in [0.1, 0.15) is 24.1 Å². The van der Waals surface area contributed by atoms with Gasteiger partial charge < -0.3 is 15.8 Å². The van der Waals surface area contributed by atoms with Crippen LogP contribution in [0, 0.1) is 6.92 Å². The number of anilines is 2.